The minimum Gasteiger partial charge on any atom is -0.504 e. The Hall–Kier alpha value is -4.76. The van der Waals surface area contributed by atoms with Crippen LogP contribution in [-0.4, -0.2) is 96.9 Å². The third-order valence-corrected chi connectivity index (χ3v) is 27.6. The first-order valence-corrected chi connectivity index (χ1v) is 41.3. The fourth-order valence-electron chi connectivity index (χ4n) is 12.0. The molecule has 4 saturated carbocycles. The Labute approximate surface area is 635 Å². The third kappa shape index (κ3) is 19.5. The molecule has 4 aliphatic carbocycles. The summed E-state index contributed by atoms with van der Waals surface area (Å²) < 4.78 is 74.7. The maximum Gasteiger partial charge on any atom is 0.200 e. The lowest BCUT2D eigenvalue weighted by Gasteiger charge is -2.26. The molecule has 102 heavy (non-hydrogen) atoms. The van der Waals surface area contributed by atoms with Gasteiger partial charge >= 0.3 is 0 Å². The van der Waals surface area contributed by atoms with Gasteiger partial charge in [0, 0.05) is 57.8 Å². The van der Waals surface area contributed by atoms with E-state index in [0.717, 1.165) is 81.9 Å². The summed E-state index contributed by atoms with van der Waals surface area (Å²) in [4.78, 5) is 43.5. The van der Waals surface area contributed by atoms with Crippen LogP contribution in [0.2, 0.25) is 25.1 Å². The lowest BCUT2D eigenvalue weighted by Crippen LogP contribution is -2.31. The molecule has 0 aliphatic heterocycles. The first-order valence-electron chi connectivity index (χ1n) is 34.1. The van der Waals surface area contributed by atoms with Crippen LogP contribution in [0.5, 0.6) is 5.75 Å². The van der Waals surface area contributed by atoms with E-state index in [9.17, 15) is 41.7 Å². The molecular weight excluding hydrogens is 1500 g/mol. The summed E-state index contributed by atoms with van der Waals surface area (Å²) >= 11 is 38.5. The molecule has 4 heterocycles. The number of rotatable bonds is 8. The van der Waals surface area contributed by atoms with Crippen LogP contribution in [0.4, 0.5) is 5.69 Å². The lowest BCUT2D eigenvalue weighted by atomic mass is 9.97. The number of sulfone groups is 2. The number of thiol groups is 1. The molecule has 4 aromatic heterocycles. The summed E-state index contributed by atoms with van der Waals surface area (Å²) in [6, 6.07) is 17.1. The topological polar surface area (TPSA) is 293 Å². The van der Waals surface area contributed by atoms with Crippen molar-refractivity contribution in [1.82, 2.24) is 19.9 Å². The normalized spacial score (nSPS) is 20.3. The van der Waals surface area contributed by atoms with E-state index in [2.05, 4.69) is 94.9 Å². The first-order chi connectivity index (χ1) is 47.5. The van der Waals surface area contributed by atoms with Crippen LogP contribution in [0.1, 0.15) is 209 Å². The molecule has 9 aromatic rings. The van der Waals surface area contributed by atoms with Crippen LogP contribution in [0.25, 0.3) is 44.4 Å². The fraction of sp³-hybridized carbons (Fsp3) is 0.514. The predicted octanol–water partition coefficient (Wildman–Crippen LogP) is 20.4. The molecule has 554 valence electrons. The average molecular weight is 1600 g/mol. The van der Waals surface area contributed by atoms with Crippen molar-refractivity contribution in [3.8, 4) is 5.75 Å². The Bertz CT molecular complexity index is 4780. The van der Waals surface area contributed by atoms with Crippen LogP contribution < -0.4 is 5.73 Å². The highest BCUT2D eigenvalue weighted by atomic mass is 35.5. The molecule has 6 atom stereocenters. The molecule has 13 rings (SSSR count). The van der Waals surface area contributed by atoms with Gasteiger partial charge in [-0.15, -0.1) is 36.2 Å². The van der Waals surface area contributed by atoms with Crippen molar-refractivity contribution in [2.24, 2.45) is 0 Å². The Morgan fingerprint density at radius 2 is 0.833 bits per heavy atom. The van der Waals surface area contributed by atoms with E-state index in [-0.39, 0.29) is 82.7 Å². The number of ketones is 2. The Morgan fingerprint density at radius 1 is 0.461 bits per heavy atom. The number of aromatic nitrogens is 4. The molecular formula is C74H90Cl5N5O13S5. The number of phenols is 1. The summed E-state index contributed by atoms with van der Waals surface area (Å²) in [6.07, 6.45) is 9.79. The number of thioether (sulfide) groups is 2. The van der Waals surface area contributed by atoms with E-state index < -0.39 is 42.0 Å². The highest BCUT2D eigenvalue weighted by molar-refractivity contribution is 8.00. The van der Waals surface area contributed by atoms with Crippen molar-refractivity contribution in [1.29, 1.82) is 0 Å². The summed E-state index contributed by atoms with van der Waals surface area (Å²) in [6.45, 7) is 24.5. The number of Topliss-reactive ketones (excluding diaryl/α,β-unsaturated/α-hetero) is 2. The molecule has 5 N–H and O–H groups in total. The Kier molecular flexibility index (Phi) is 26.1. The lowest BCUT2D eigenvalue weighted by molar-refractivity contribution is -0.120. The number of aliphatic hydroxyl groups excluding tert-OH is 2. The van der Waals surface area contributed by atoms with Crippen molar-refractivity contribution in [2.75, 3.05) is 5.73 Å². The van der Waals surface area contributed by atoms with Crippen molar-refractivity contribution in [2.45, 2.75) is 265 Å². The molecule has 0 radical (unpaired) electrons. The molecule has 2 unspecified atom stereocenters. The van der Waals surface area contributed by atoms with E-state index in [1.54, 1.807) is 35.7 Å². The van der Waals surface area contributed by atoms with E-state index in [0.29, 0.717) is 111 Å². The monoisotopic (exact) mass is 1590 g/mol. The number of hydrogen-bond donors (Lipinski definition) is 5. The van der Waals surface area contributed by atoms with Crippen LogP contribution in [-0.2, 0) is 50.9 Å². The SMILES string of the molecule is CC(C)(C)c1nc2ccc(Cl)c(S(=O)(=O)C3CCCC(=O)C3)c2o1.CC(C)(C)c1nc2ccc(Cl)c(S)c2o1.CC(C)(C)c1nc2ccc(Cl)c(SC3CCCC(=O)C3)c2o1.CC(C)(C)c1nc2ccc(Cl)c(S[C@H]3CCC[C@H](O)C3)c2o1.Nc1ccc(Cl)c(S(=O)(=O)[C@H]2CCC[C@H](O)C2)c1O. The zero-order chi connectivity index (χ0) is 74.9. The molecule has 0 spiro atoms. The maximum absolute atomic E-state index is 13.1. The molecule has 0 bridgehead atoms. The summed E-state index contributed by atoms with van der Waals surface area (Å²) in [5, 5.41) is 30.5. The van der Waals surface area contributed by atoms with Gasteiger partial charge in [0.25, 0.3) is 0 Å². The minimum absolute atomic E-state index is 0.0222. The van der Waals surface area contributed by atoms with Crippen LogP contribution in [0.3, 0.4) is 0 Å². The average Bonchev–Trinajstić information content (AvgIpc) is 1.39. The number of nitrogens with zero attached hydrogens (tertiary/aromatic N) is 4. The molecule has 4 fully saturated rings. The predicted molar refractivity (Wildman–Crippen MR) is 413 cm³/mol. The van der Waals surface area contributed by atoms with Gasteiger partial charge in [-0.2, -0.15) is 0 Å². The van der Waals surface area contributed by atoms with Crippen LogP contribution in [0, 0.1) is 0 Å². The highest BCUT2D eigenvalue weighted by Crippen LogP contribution is 2.46. The second-order valence-corrected chi connectivity index (χ2v) is 40.0. The largest absolute Gasteiger partial charge is 0.504 e. The maximum atomic E-state index is 13.1. The Morgan fingerprint density at radius 3 is 1.31 bits per heavy atom. The minimum atomic E-state index is -3.80. The first kappa shape index (κ1) is 81.3. The smallest absolute Gasteiger partial charge is 0.200 e. The molecule has 0 saturated heterocycles. The number of oxazole rings is 4. The summed E-state index contributed by atoms with van der Waals surface area (Å²) in [7, 11) is -7.57. The van der Waals surface area contributed by atoms with E-state index in [1.807, 2.05) is 51.1 Å². The van der Waals surface area contributed by atoms with Gasteiger partial charge in [-0.05, 0) is 138 Å². The molecule has 28 heteroatoms. The third-order valence-electron chi connectivity index (χ3n) is 17.6. The molecule has 0 amide bonds. The number of hydrogen-bond acceptors (Lipinski definition) is 21. The quantitative estimate of drug-likeness (QED) is 0.0536. The number of nitrogen functional groups attached to an aromatic ring is 1. The van der Waals surface area contributed by atoms with E-state index in [4.69, 9.17) is 81.4 Å². The second kappa shape index (κ2) is 32.8. The fourth-order valence-corrected chi connectivity index (χ4v) is 20.6. The van der Waals surface area contributed by atoms with Gasteiger partial charge in [0.2, 0.25) is 23.6 Å². The van der Waals surface area contributed by atoms with Crippen LogP contribution in [0.15, 0.2) is 103 Å². The van der Waals surface area contributed by atoms with Crippen molar-refractivity contribution < 1.29 is 59.4 Å². The van der Waals surface area contributed by atoms with E-state index in [1.165, 1.54) is 18.2 Å². The molecule has 18 nitrogen and oxygen atoms in total. The van der Waals surface area contributed by atoms with Gasteiger partial charge in [0.1, 0.15) is 43.4 Å². The van der Waals surface area contributed by atoms with Gasteiger partial charge < -0.3 is 38.7 Å². The zero-order valence-corrected chi connectivity index (χ0v) is 67.3. The number of phenolic OH excluding ortho intramolecular Hbond substituents is 1. The zero-order valence-electron chi connectivity index (χ0n) is 59.3. The number of aliphatic hydroxyl groups is 2. The molecule has 4 aliphatic rings. The van der Waals surface area contributed by atoms with Gasteiger partial charge in [-0.3, -0.25) is 9.59 Å². The van der Waals surface area contributed by atoms with Crippen molar-refractivity contribution >= 4 is 175 Å². The van der Waals surface area contributed by atoms with Gasteiger partial charge in [-0.25, -0.2) is 36.8 Å². The standard InChI is InChI=1S/C17H20ClNO4S.C17H22ClNO2S.C17H20ClNO2S.C12H16ClNO4S.C11H12ClNOS/c1-17(2,3)16-19-13-8-7-12(18)15(14(13)23-16)24(21,22)11-6-4-5-10(20)9-11;2*1-17(2,3)16-19-13-8-7-12(18)15(14(13)21-16)22-11-6-4-5-10(20)9-11;13-9-4-5-10(14)11(16)12(9)19(17,18)8-3-1-2-7(15)6-8;1-11(2,3)10-13-7-5-4-6(12)9(15)8(7)14-10/h7-8,11H,4-6,9H2,1-3H3;7-8,10-11,20H,4-6,9H2,1-3H3;7-8,11H,4-6,9H2,1-3H3;4-5,7-8,15-16H,1-3,6,14H2;4-5,15H,1-3H3/t;10-,11-;;7-,8-;/m.0.0./s1. The number of aromatic hydroxyl groups is 1. The molecule has 5 aromatic carbocycles. The number of halogens is 5. The van der Waals surface area contributed by atoms with Crippen molar-refractivity contribution in [3.63, 3.8) is 0 Å². The number of fused-ring (bicyclic) bond motifs is 4. The highest BCUT2D eigenvalue weighted by Gasteiger charge is 2.39. The Balaban J connectivity index is 0.000000149. The van der Waals surface area contributed by atoms with Gasteiger partial charge in [0.05, 0.1) is 68.2 Å². The summed E-state index contributed by atoms with van der Waals surface area (Å²) in [5.41, 5.74) is 10.1. The number of carbonyl (C=O) groups excluding carboxylic acids is 2. The number of nitrogens with two attached hydrogens (primary N) is 1. The van der Waals surface area contributed by atoms with Gasteiger partial charge in [0.15, 0.2) is 47.8 Å². The van der Waals surface area contributed by atoms with Crippen LogP contribution >= 0.6 is 94.2 Å². The van der Waals surface area contributed by atoms with Crippen molar-refractivity contribution in [3.05, 3.63) is 109 Å². The number of anilines is 1. The summed E-state index contributed by atoms with van der Waals surface area (Å²) in [5.74, 6) is 2.42. The number of carbonyl (C=O) groups is 2. The van der Waals surface area contributed by atoms with Gasteiger partial charge in [-0.1, -0.05) is 141 Å². The number of benzene rings is 5. The second-order valence-electron chi connectivity index (χ2n) is 30.5. The van der Waals surface area contributed by atoms with E-state index >= 15 is 0 Å².